The van der Waals surface area contributed by atoms with Crippen molar-refractivity contribution in [2.75, 3.05) is 13.1 Å². The fourth-order valence-corrected chi connectivity index (χ4v) is 3.17. The Morgan fingerprint density at radius 2 is 1.58 bits per heavy atom. The van der Waals surface area contributed by atoms with Crippen LogP contribution >= 0.6 is 0 Å². The number of amides is 2. The van der Waals surface area contributed by atoms with Gasteiger partial charge in [-0.25, -0.2) is 0 Å². The number of rotatable bonds is 7. The highest BCUT2D eigenvalue weighted by Gasteiger charge is 2.40. The number of carbonyl (C=O) groups is 2. The van der Waals surface area contributed by atoms with Crippen molar-refractivity contribution in [3.05, 3.63) is 90.1 Å². The normalized spacial score (nSPS) is 14.1. The third-order valence-corrected chi connectivity index (χ3v) is 4.43. The van der Waals surface area contributed by atoms with Crippen molar-refractivity contribution in [3.8, 4) is 0 Å². The molecule has 0 aromatic heterocycles. The molecule has 2 aromatic carbocycles. The number of hydrogen-bond acceptors (Lipinski definition) is 3. The summed E-state index contributed by atoms with van der Waals surface area (Å²) < 4.78 is 0. The molecule has 3 rings (SSSR count). The van der Waals surface area contributed by atoms with E-state index in [1.165, 1.54) is 4.90 Å². The Bertz CT molecular complexity index is 841. The summed E-state index contributed by atoms with van der Waals surface area (Å²) in [5.74, 6) is -0.519. The predicted octanol–water partition coefficient (Wildman–Crippen LogP) is 3.47. The Hall–Kier alpha value is -3.14. The lowest BCUT2D eigenvalue weighted by Gasteiger charge is -2.24. The summed E-state index contributed by atoms with van der Waals surface area (Å²) in [6, 6.07) is 19.3. The molecule has 0 N–H and O–H groups in total. The monoisotopic (exact) mass is 346 g/mol. The summed E-state index contributed by atoms with van der Waals surface area (Å²) in [6.45, 7) is 7.07. The SMILES string of the molecule is C=CCN1C(=O)C(c2ccccc2)=C(N(CC)Cc2ccccc2)C1=O. The van der Waals surface area contributed by atoms with Gasteiger partial charge in [-0.05, 0) is 18.1 Å². The van der Waals surface area contributed by atoms with E-state index >= 15 is 0 Å². The molecule has 0 radical (unpaired) electrons. The van der Waals surface area contributed by atoms with Gasteiger partial charge in [-0.1, -0.05) is 66.7 Å². The molecule has 0 fully saturated rings. The molecule has 1 heterocycles. The van der Waals surface area contributed by atoms with Gasteiger partial charge in [0.2, 0.25) is 0 Å². The van der Waals surface area contributed by atoms with Crippen LogP contribution in [0.1, 0.15) is 18.1 Å². The molecule has 1 aliphatic heterocycles. The molecule has 0 aliphatic carbocycles. The second-order valence-electron chi connectivity index (χ2n) is 6.10. The van der Waals surface area contributed by atoms with Crippen molar-refractivity contribution < 1.29 is 9.59 Å². The number of nitrogens with zero attached hydrogens (tertiary/aromatic N) is 2. The van der Waals surface area contributed by atoms with Crippen LogP contribution in [-0.2, 0) is 16.1 Å². The van der Waals surface area contributed by atoms with Crippen LogP contribution in [0.3, 0.4) is 0 Å². The lowest BCUT2D eigenvalue weighted by Crippen LogP contribution is -2.35. The maximum Gasteiger partial charge on any atom is 0.278 e. The van der Waals surface area contributed by atoms with E-state index in [2.05, 4.69) is 6.58 Å². The smallest absolute Gasteiger partial charge is 0.278 e. The van der Waals surface area contributed by atoms with Crippen LogP contribution in [0.4, 0.5) is 0 Å². The van der Waals surface area contributed by atoms with Gasteiger partial charge >= 0.3 is 0 Å². The van der Waals surface area contributed by atoms with E-state index in [0.29, 0.717) is 24.4 Å². The standard InChI is InChI=1S/C22H22N2O2/c1-3-15-24-21(25)19(18-13-9-6-10-14-18)20(22(24)26)23(4-2)16-17-11-7-5-8-12-17/h3,5-14H,1,4,15-16H2,2H3. The average molecular weight is 346 g/mol. The number of carbonyl (C=O) groups excluding carboxylic acids is 2. The van der Waals surface area contributed by atoms with E-state index in [1.807, 2.05) is 72.5 Å². The second-order valence-corrected chi connectivity index (χ2v) is 6.10. The first-order valence-electron chi connectivity index (χ1n) is 8.73. The van der Waals surface area contributed by atoms with Gasteiger partial charge in [0, 0.05) is 19.6 Å². The van der Waals surface area contributed by atoms with E-state index in [4.69, 9.17) is 0 Å². The zero-order chi connectivity index (χ0) is 18.5. The predicted molar refractivity (Wildman–Crippen MR) is 103 cm³/mol. The maximum atomic E-state index is 13.0. The van der Waals surface area contributed by atoms with Gasteiger partial charge in [0.05, 0.1) is 5.57 Å². The summed E-state index contributed by atoms with van der Waals surface area (Å²) in [6.07, 6.45) is 1.58. The van der Waals surface area contributed by atoms with Gasteiger partial charge < -0.3 is 4.90 Å². The van der Waals surface area contributed by atoms with E-state index in [9.17, 15) is 9.59 Å². The lowest BCUT2D eigenvalue weighted by molar-refractivity contribution is -0.136. The zero-order valence-corrected chi connectivity index (χ0v) is 14.9. The number of benzene rings is 2. The minimum absolute atomic E-state index is 0.209. The molecular formula is C22H22N2O2. The van der Waals surface area contributed by atoms with Crippen molar-refractivity contribution in [1.29, 1.82) is 0 Å². The van der Waals surface area contributed by atoms with E-state index < -0.39 is 0 Å². The van der Waals surface area contributed by atoms with Gasteiger partial charge in [0.25, 0.3) is 11.8 Å². The molecule has 0 spiro atoms. The van der Waals surface area contributed by atoms with Crippen LogP contribution in [0, 0.1) is 0 Å². The second kappa shape index (κ2) is 7.83. The number of likely N-dealkylation sites (N-methyl/N-ethyl adjacent to an activating group) is 1. The van der Waals surface area contributed by atoms with Crippen molar-refractivity contribution >= 4 is 17.4 Å². The molecular weight excluding hydrogens is 324 g/mol. The molecule has 1 aliphatic rings. The average Bonchev–Trinajstić information content (AvgIpc) is 2.92. The minimum atomic E-state index is -0.261. The molecule has 0 atom stereocenters. The Kier molecular flexibility index (Phi) is 5.32. The largest absolute Gasteiger partial charge is 0.362 e. The summed E-state index contributed by atoms with van der Waals surface area (Å²) in [5, 5.41) is 0. The molecule has 132 valence electrons. The Balaban J connectivity index is 2.07. The van der Waals surface area contributed by atoms with Crippen LogP contribution < -0.4 is 0 Å². The third-order valence-electron chi connectivity index (χ3n) is 4.43. The molecule has 0 saturated carbocycles. The molecule has 2 amide bonds. The van der Waals surface area contributed by atoms with Crippen molar-refractivity contribution in [2.45, 2.75) is 13.5 Å². The molecule has 4 nitrogen and oxygen atoms in total. The van der Waals surface area contributed by atoms with Crippen LogP contribution in [0.2, 0.25) is 0 Å². The van der Waals surface area contributed by atoms with E-state index in [1.54, 1.807) is 6.08 Å². The highest BCUT2D eigenvalue weighted by molar-refractivity contribution is 6.35. The number of hydrogen-bond donors (Lipinski definition) is 0. The van der Waals surface area contributed by atoms with Crippen molar-refractivity contribution in [2.24, 2.45) is 0 Å². The number of imide groups is 1. The fourth-order valence-electron chi connectivity index (χ4n) is 3.17. The highest BCUT2D eigenvalue weighted by Crippen LogP contribution is 2.32. The lowest BCUT2D eigenvalue weighted by atomic mass is 10.0. The molecule has 2 aromatic rings. The summed E-state index contributed by atoms with van der Waals surface area (Å²) in [7, 11) is 0. The van der Waals surface area contributed by atoms with Crippen molar-refractivity contribution in [1.82, 2.24) is 9.80 Å². The Morgan fingerprint density at radius 3 is 2.15 bits per heavy atom. The summed E-state index contributed by atoms with van der Waals surface area (Å²) >= 11 is 0. The first kappa shape index (κ1) is 17.7. The first-order valence-corrected chi connectivity index (χ1v) is 8.73. The Labute approximate surface area is 154 Å². The van der Waals surface area contributed by atoms with E-state index in [-0.39, 0.29) is 18.4 Å². The van der Waals surface area contributed by atoms with Gasteiger partial charge in [-0.15, -0.1) is 6.58 Å². The van der Waals surface area contributed by atoms with Crippen LogP contribution in [0.15, 0.2) is 79.0 Å². The topological polar surface area (TPSA) is 40.6 Å². The quantitative estimate of drug-likeness (QED) is 0.569. The summed E-state index contributed by atoms with van der Waals surface area (Å²) in [5.41, 5.74) is 2.79. The molecule has 0 unspecified atom stereocenters. The van der Waals surface area contributed by atoms with Crippen molar-refractivity contribution in [3.63, 3.8) is 0 Å². The molecule has 0 bridgehead atoms. The van der Waals surface area contributed by atoms with Crippen LogP contribution in [-0.4, -0.2) is 34.7 Å². The fraction of sp³-hybridized carbons (Fsp3) is 0.182. The highest BCUT2D eigenvalue weighted by atomic mass is 16.2. The zero-order valence-electron chi connectivity index (χ0n) is 14.9. The summed E-state index contributed by atoms with van der Waals surface area (Å²) in [4.78, 5) is 29.2. The Morgan fingerprint density at radius 1 is 0.962 bits per heavy atom. The first-order chi connectivity index (χ1) is 12.7. The minimum Gasteiger partial charge on any atom is -0.362 e. The van der Waals surface area contributed by atoms with Gasteiger partial charge in [0.15, 0.2) is 0 Å². The third kappa shape index (κ3) is 3.31. The van der Waals surface area contributed by atoms with Crippen LogP contribution in [0.5, 0.6) is 0 Å². The van der Waals surface area contributed by atoms with Crippen LogP contribution in [0.25, 0.3) is 5.57 Å². The molecule has 0 saturated heterocycles. The molecule has 4 heteroatoms. The van der Waals surface area contributed by atoms with Gasteiger partial charge in [-0.2, -0.15) is 0 Å². The molecule has 26 heavy (non-hydrogen) atoms. The van der Waals surface area contributed by atoms with Gasteiger partial charge in [0.1, 0.15) is 5.70 Å². The van der Waals surface area contributed by atoms with Gasteiger partial charge in [-0.3, -0.25) is 14.5 Å². The maximum absolute atomic E-state index is 13.0. The van der Waals surface area contributed by atoms with E-state index in [0.717, 1.165) is 11.1 Å².